The lowest BCUT2D eigenvalue weighted by Gasteiger charge is -2.07. The number of rotatable bonds is 4. The molecule has 0 radical (unpaired) electrons. The number of ether oxygens (including phenoxy) is 1. The van der Waals surface area contributed by atoms with Crippen LogP contribution in [0.25, 0.3) is 11.3 Å². The third-order valence-electron chi connectivity index (χ3n) is 3.71. The highest BCUT2D eigenvalue weighted by Gasteiger charge is 2.29. The molecule has 3 rings (SSSR count). The number of nitrogens with zero attached hydrogens (tertiary/aromatic N) is 3. The molecule has 1 N–H and O–H groups in total. The Morgan fingerprint density at radius 2 is 2.08 bits per heavy atom. The van der Waals surface area contributed by atoms with Gasteiger partial charge in [0.1, 0.15) is 18.2 Å². The summed E-state index contributed by atoms with van der Waals surface area (Å²) in [6.45, 7) is 0. The lowest BCUT2D eigenvalue weighted by atomic mass is 10.0. The van der Waals surface area contributed by atoms with Gasteiger partial charge >= 0.3 is 5.97 Å². The van der Waals surface area contributed by atoms with E-state index in [4.69, 9.17) is 0 Å². The van der Waals surface area contributed by atoms with E-state index in [1.807, 2.05) is 6.07 Å². The van der Waals surface area contributed by atoms with Crippen LogP contribution in [-0.4, -0.2) is 29.0 Å². The first kappa shape index (κ1) is 15.6. The monoisotopic (exact) mass is 322 g/mol. The van der Waals surface area contributed by atoms with E-state index in [0.717, 1.165) is 12.8 Å². The summed E-state index contributed by atoms with van der Waals surface area (Å²) in [5.74, 6) is -0.128. The molecular formula is C17H14N4O3. The average Bonchev–Trinajstić information content (AvgIpc) is 3.46. The van der Waals surface area contributed by atoms with Gasteiger partial charge in [0.05, 0.1) is 23.9 Å². The molecule has 7 nitrogen and oxygen atoms in total. The van der Waals surface area contributed by atoms with Gasteiger partial charge < -0.3 is 10.1 Å². The summed E-state index contributed by atoms with van der Waals surface area (Å²) in [7, 11) is 1.26. The topological polar surface area (TPSA) is 105 Å². The Labute approximate surface area is 138 Å². The molecule has 1 aromatic heterocycles. The number of aromatic nitrogens is 2. The largest absolute Gasteiger partial charge is 0.465 e. The number of carbonyl (C=O) groups is 2. The van der Waals surface area contributed by atoms with Crippen molar-refractivity contribution in [1.29, 1.82) is 5.26 Å². The van der Waals surface area contributed by atoms with Crippen LogP contribution in [0.15, 0.2) is 30.6 Å². The van der Waals surface area contributed by atoms with Gasteiger partial charge in [-0.15, -0.1) is 0 Å². The molecular weight excluding hydrogens is 308 g/mol. The zero-order valence-electron chi connectivity index (χ0n) is 12.9. The molecule has 1 aromatic carbocycles. The zero-order valence-corrected chi connectivity index (χ0v) is 12.9. The van der Waals surface area contributed by atoms with Crippen molar-refractivity contribution in [3.05, 3.63) is 41.7 Å². The Hall–Kier alpha value is -3.27. The normalized spacial score (nSPS) is 13.0. The summed E-state index contributed by atoms with van der Waals surface area (Å²) in [6.07, 6.45) is 3.16. The van der Waals surface area contributed by atoms with Crippen molar-refractivity contribution >= 4 is 17.7 Å². The Kier molecular flexibility index (Phi) is 4.20. The maximum Gasteiger partial charge on any atom is 0.339 e. The molecule has 1 saturated carbocycles. The predicted octanol–water partition coefficient (Wildman–Crippen LogP) is 2.15. The molecule has 2 aromatic rings. The number of carbonyl (C=O) groups excluding carboxylic acids is 2. The van der Waals surface area contributed by atoms with Gasteiger partial charge in [0.2, 0.25) is 5.91 Å². The molecule has 0 saturated heterocycles. The summed E-state index contributed by atoms with van der Waals surface area (Å²) < 4.78 is 4.65. The van der Waals surface area contributed by atoms with Gasteiger partial charge in [-0.25, -0.2) is 14.8 Å². The summed E-state index contributed by atoms with van der Waals surface area (Å²) in [5, 5.41) is 12.0. The first-order valence-electron chi connectivity index (χ1n) is 7.38. The second kappa shape index (κ2) is 6.46. The number of esters is 1. The van der Waals surface area contributed by atoms with E-state index >= 15 is 0 Å². The first-order valence-corrected chi connectivity index (χ1v) is 7.38. The first-order chi connectivity index (χ1) is 11.6. The molecule has 0 bridgehead atoms. The van der Waals surface area contributed by atoms with Crippen LogP contribution in [0, 0.1) is 17.2 Å². The van der Waals surface area contributed by atoms with Crippen molar-refractivity contribution in [2.75, 3.05) is 12.4 Å². The molecule has 1 aliphatic carbocycles. The summed E-state index contributed by atoms with van der Waals surface area (Å²) >= 11 is 0. The smallest absolute Gasteiger partial charge is 0.339 e. The van der Waals surface area contributed by atoms with Crippen LogP contribution in [0.3, 0.4) is 0 Å². The van der Waals surface area contributed by atoms with Crippen LogP contribution in [0.2, 0.25) is 0 Å². The average molecular weight is 322 g/mol. The highest BCUT2D eigenvalue weighted by Crippen LogP contribution is 2.30. The molecule has 1 fully saturated rings. The van der Waals surface area contributed by atoms with Gasteiger partial charge in [-0.2, -0.15) is 5.26 Å². The van der Waals surface area contributed by atoms with E-state index in [2.05, 4.69) is 20.0 Å². The van der Waals surface area contributed by atoms with Crippen molar-refractivity contribution in [2.45, 2.75) is 12.8 Å². The fourth-order valence-electron chi connectivity index (χ4n) is 2.24. The number of benzene rings is 1. The van der Waals surface area contributed by atoms with Crippen LogP contribution in [-0.2, 0) is 9.53 Å². The Morgan fingerprint density at radius 1 is 1.29 bits per heavy atom. The number of nitriles is 1. The fraction of sp³-hybridized carbons (Fsp3) is 0.235. The quantitative estimate of drug-likeness (QED) is 0.865. The molecule has 120 valence electrons. The van der Waals surface area contributed by atoms with E-state index in [9.17, 15) is 14.9 Å². The maximum absolute atomic E-state index is 11.8. The number of nitrogens with one attached hydrogen (secondary N) is 1. The van der Waals surface area contributed by atoms with Crippen molar-refractivity contribution in [2.24, 2.45) is 5.92 Å². The summed E-state index contributed by atoms with van der Waals surface area (Å²) in [6, 6.07) is 8.35. The van der Waals surface area contributed by atoms with E-state index in [0.29, 0.717) is 17.1 Å². The lowest BCUT2D eigenvalue weighted by molar-refractivity contribution is -0.117. The highest BCUT2D eigenvalue weighted by molar-refractivity contribution is 5.94. The van der Waals surface area contributed by atoms with Crippen molar-refractivity contribution in [3.8, 4) is 17.3 Å². The molecule has 0 unspecified atom stereocenters. The van der Waals surface area contributed by atoms with Gasteiger partial charge in [0.25, 0.3) is 0 Å². The van der Waals surface area contributed by atoms with E-state index in [-0.39, 0.29) is 23.0 Å². The van der Waals surface area contributed by atoms with Crippen LogP contribution < -0.4 is 5.32 Å². The number of amides is 1. The third kappa shape index (κ3) is 3.22. The predicted molar refractivity (Wildman–Crippen MR) is 84.9 cm³/mol. The minimum Gasteiger partial charge on any atom is -0.465 e. The van der Waals surface area contributed by atoms with Gasteiger partial charge in [0.15, 0.2) is 0 Å². The van der Waals surface area contributed by atoms with Crippen LogP contribution >= 0.6 is 0 Å². The highest BCUT2D eigenvalue weighted by atomic mass is 16.5. The van der Waals surface area contributed by atoms with Crippen LogP contribution in [0.5, 0.6) is 0 Å². The minimum absolute atomic E-state index is 0.0431. The second-order valence-corrected chi connectivity index (χ2v) is 5.42. The summed E-state index contributed by atoms with van der Waals surface area (Å²) in [5.41, 5.74) is 1.58. The molecule has 0 spiro atoms. The third-order valence-corrected chi connectivity index (χ3v) is 3.71. The molecule has 1 amide bonds. The van der Waals surface area contributed by atoms with Crippen molar-refractivity contribution in [3.63, 3.8) is 0 Å². The molecule has 0 aliphatic heterocycles. The molecule has 7 heteroatoms. The van der Waals surface area contributed by atoms with Gasteiger partial charge in [-0.3, -0.25) is 4.79 Å². The van der Waals surface area contributed by atoms with Gasteiger partial charge in [0, 0.05) is 17.5 Å². The zero-order chi connectivity index (χ0) is 17.1. The number of hydrogen-bond acceptors (Lipinski definition) is 6. The van der Waals surface area contributed by atoms with E-state index in [1.165, 1.54) is 19.5 Å². The molecule has 24 heavy (non-hydrogen) atoms. The standard InChI is InChI=1S/C17H14N4O3/c1-24-17(23)13-5-4-11(6-12(13)8-18)14-7-15(20-9-19-14)21-16(22)10-2-3-10/h4-7,9-10H,2-3H2,1H3,(H,19,20,21,22). The second-order valence-electron chi connectivity index (χ2n) is 5.42. The van der Waals surface area contributed by atoms with E-state index < -0.39 is 5.97 Å². The fourth-order valence-corrected chi connectivity index (χ4v) is 2.24. The molecule has 0 atom stereocenters. The van der Waals surface area contributed by atoms with Crippen molar-refractivity contribution in [1.82, 2.24) is 9.97 Å². The maximum atomic E-state index is 11.8. The molecule has 1 heterocycles. The van der Waals surface area contributed by atoms with Crippen LogP contribution in [0.1, 0.15) is 28.8 Å². The van der Waals surface area contributed by atoms with Gasteiger partial charge in [-0.05, 0) is 25.0 Å². The number of methoxy groups -OCH3 is 1. The lowest BCUT2D eigenvalue weighted by Crippen LogP contribution is -2.14. The Balaban J connectivity index is 1.90. The number of anilines is 1. The van der Waals surface area contributed by atoms with E-state index in [1.54, 1.807) is 18.2 Å². The van der Waals surface area contributed by atoms with Crippen LogP contribution in [0.4, 0.5) is 5.82 Å². The van der Waals surface area contributed by atoms with Gasteiger partial charge in [-0.1, -0.05) is 6.07 Å². The van der Waals surface area contributed by atoms with Crippen molar-refractivity contribution < 1.29 is 14.3 Å². The minimum atomic E-state index is -0.571. The Bertz CT molecular complexity index is 853. The molecule has 1 aliphatic rings. The Morgan fingerprint density at radius 3 is 2.75 bits per heavy atom. The SMILES string of the molecule is COC(=O)c1ccc(-c2cc(NC(=O)C3CC3)ncn2)cc1C#N. The summed E-state index contributed by atoms with van der Waals surface area (Å²) in [4.78, 5) is 31.6. The number of hydrogen-bond donors (Lipinski definition) is 1.